The van der Waals surface area contributed by atoms with Gasteiger partial charge in [-0.25, -0.2) is 0 Å². The van der Waals surface area contributed by atoms with E-state index in [1.165, 1.54) is 161 Å². The molecule has 0 rings (SSSR count). The number of unbranched alkanes of at least 4 members (excludes halogenated alkanes) is 31. The van der Waals surface area contributed by atoms with E-state index in [1.807, 2.05) is 0 Å². The van der Waals surface area contributed by atoms with Gasteiger partial charge >= 0.3 is 17.9 Å². The molecule has 0 saturated heterocycles. The SMILES string of the molecule is CC/C=C\C/C=C\C/C=C\C/C=C\C/C=C\CCCCCCCCCCCCCCCCCC(=O)OCC(COC(=O)CCCCCCCC)OC(=O)CCCCCCCCC/C=C\C/C=C\CCCCCC. The predicted octanol–water partition coefficient (Wildman–Crippen LogP) is 21.1. The zero-order valence-electron chi connectivity index (χ0n) is 48.1. The molecule has 420 valence electrons. The molecule has 0 radical (unpaired) electrons. The van der Waals surface area contributed by atoms with Crippen molar-refractivity contribution in [1.82, 2.24) is 0 Å². The maximum atomic E-state index is 12.8. The standard InChI is InChI=1S/C67H116O6/c1-4-7-10-13-16-18-20-22-24-26-28-29-30-31-32-33-34-35-36-37-38-39-40-42-43-45-47-49-51-54-57-60-66(69)72-63-64(62-71-65(68)59-56-53-15-12-9-6-3)73-67(70)61-58-55-52-50-48-46-44-41-27-25-23-21-19-17-14-11-8-5-2/h7,10,16,18-19,21-22,24-25,27-29,31-32,64H,4-6,8-9,11-15,17,20,23,26,30,33-63H2,1-3H3/b10-7-,18-16-,21-19-,24-22-,27-25-,29-28-,32-31-. The summed E-state index contributed by atoms with van der Waals surface area (Å²) in [5.74, 6) is -0.885. The fourth-order valence-corrected chi connectivity index (χ4v) is 8.74. The van der Waals surface area contributed by atoms with Crippen LogP contribution in [0.3, 0.4) is 0 Å². The number of rotatable bonds is 56. The minimum absolute atomic E-state index is 0.0771. The maximum Gasteiger partial charge on any atom is 0.306 e. The second-order valence-corrected chi connectivity index (χ2v) is 20.6. The van der Waals surface area contributed by atoms with Crippen molar-refractivity contribution in [2.75, 3.05) is 13.2 Å². The molecule has 0 spiro atoms. The van der Waals surface area contributed by atoms with Crippen molar-refractivity contribution >= 4 is 17.9 Å². The summed E-state index contributed by atoms with van der Waals surface area (Å²) in [5, 5.41) is 0. The molecular weight excluding hydrogens is 901 g/mol. The zero-order valence-corrected chi connectivity index (χ0v) is 48.1. The van der Waals surface area contributed by atoms with Gasteiger partial charge in [0.05, 0.1) is 0 Å². The molecule has 0 aliphatic carbocycles. The van der Waals surface area contributed by atoms with Crippen molar-refractivity contribution in [1.29, 1.82) is 0 Å². The van der Waals surface area contributed by atoms with Crippen molar-refractivity contribution < 1.29 is 28.6 Å². The van der Waals surface area contributed by atoms with Gasteiger partial charge < -0.3 is 14.2 Å². The minimum atomic E-state index is -0.776. The molecular formula is C67H116O6. The lowest BCUT2D eigenvalue weighted by atomic mass is 10.0. The summed E-state index contributed by atoms with van der Waals surface area (Å²) in [6, 6.07) is 0. The lowest BCUT2D eigenvalue weighted by Crippen LogP contribution is -2.30. The Labute approximate surface area is 452 Å². The Bertz CT molecular complexity index is 1400. The van der Waals surface area contributed by atoms with E-state index in [0.717, 1.165) is 103 Å². The third kappa shape index (κ3) is 59.3. The van der Waals surface area contributed by atoms with Gasteiger partial charge in [0.2, 0.25) is 0 Å². The number of esters is 3. The Kier molecular flexibility index (Phi) is 58.3. The molecule has 0 aliphatic rings. The summed E-state index contributed by atoms with van der Waals surface area (Å²) >= 11 is 0. The first kappa shape index (κ1) is 69.6. The van der Waals surface area contributed by atoms with Crippen LogP contribution in [0.2, 0.25) is 0 Å². The average molecular weight is 1020 g/mol. The lowest BCUT2D eigenvalue weighted by Gasteiger charge is -2.18. The molecule has 0 heterocycles. The first-order valence-electron chi connectivity index (χ1n) is 31.1. The first-order valence-corrected chi connectivity index (χ1v) is 31.1. The summed E-state index contributed by atoms with van der Waals surface area (Å²) in [4.78, 5) is 37.9. The van der Waals surface area contributed by atoms with Crippen molar-refractivity contribution in [3.05, 3.63) is 85.1 Å². The molecule has 6 heteroatoms. The van der Waals surface area contributed by atoms with Crippen LogP contribution >= 0.6 is 0 Å². The van der Waals surface area contributed by atoms with Crippen LogP contribution < -0.4 is 0 Å². The second-order valence-electron chi connectivity index (χ2n) is 20.6. The third-order valence-electron chi connectivity index (χ3n) is 13.4. The quantitative estimate of drug-likeness (QED) is 0.0261. The Morgan fingerprint density at radius 3 is 0.849 bits per heavy atom. The van der Waals surface area contributed by atoms with E-state index in [4.69, 9.17) is 14.2 Å². The third-order valence-corrected chi connectivity index (χ3v) is 13.4. The van der Waals surface area contributed by atoms with Crippen LogP contribution in [0.4, 0.5) is 0 Å². The average Bonchev–Trinajstić information content (AvgIpc) is 3.39. The molecule has 1 unspecified atom stereocenters. The van der Waals surface area contributed by atoms with Gasteiger partial charge in [-0.1, -0.05) is 273 Å². The molecule has 73 heavy (non-hydrogen) atoms. The van der Waals surface area contributed by atoms with E-state index in [0.29, 0.717) is 19.3 Å². The smallest absolute Gasteiger partial charge is 0.306 e. The normalized spacial score (nSPS) is 12.6. The summed E-state index contributed by atoms with van der Waals surface area (Å²) < 4.78 is 16.8. The van der Waals surface area contributed by atoms with E-state index in [2.05, 4.69) is 106 Å². The first-order chi connectivity index (χ1) is 36.0. The largest absolute Gasteiger partial charge is 0.462 e. The van der Waals surface area contributed by atoms with Crippen molar-refractivity contribution in [3.63, 3.8) is 0 Å². The Hall–Kier alpha value is -3.41. The molecule has 0 bridgehead atoms. The molecule has 0 aromatic heterocycles. The number of allylic oxidation sites excluding steroid dienone is 14. The zero-order chi connectivity index (χ0) is 52.9. The monoisotopic (exact) mass is 1020 g/mol. The second kappa shape index (κ2) is 61.1. The summed E-state index contributed by atoms with van der Waals surface area (Å²) in [6.45, 7) is 6.46. The highest BCUT2D eigenvalue weighted by Crippen LogP contribution is 2.16. The summed E-state index contributed by atoms with van der Waals surface area (Å²) in [7, 11) is 0. The molecule has 1 atom stereocenters. The predicted molar refractivity (Wildman–Crippen MR) is 316 cm³/mol. The van der Waals surface area contributed by atoms with Crippen LogP contribution in [-0.2, 0) is 28.6 Å². The summed E-state index contributed by atoms with van der Waals surface area (Å²) in [6.07, 6.45) is 80.5. The Morgan fingerprint density at radius 1 is 0.288 bits per heavy atom. The highest BCUT2D eigenvalue weighted by molar-refractivity contribution is 5.71. The van der Waals surface area contributed by atoms with Gasteiger partial charge in [-0.05, 0) is 96.3 Å². The van der Waals surface area contributed by atoms with Gasteiger partial charge in [0, 0.05) is 19.3 Å². The van der Waals surface area contributed by atoms with Crippen LogP contribution in [0.15, 0.2) is 85.1 Å². The van der Waals surface area contributed by atoms with Crippen molar-refractivity contribution in [2.45, 2.75) is 309 Å². The number of hydrogen-bond donors (Lipinski definition) is 0. The molecule has 0 N–H and O–H groups in total. The van der Waals surface area contributed by atoms with Gasteiger partial charge in [-0.2, -0.15) is 0 Å². The molecule has 0 aromatic rings. The van der Waals surface area contributed by atoms with E-state index < -0.39 is 6.10 Å². The van der Waals surface area contributed by atoms with Crippen LogP contribution in [0, 0.1) is 0 Å². The van der Waals surface area contributed by atoms with Gasteiger partial charge in [0.1, 0.15) is 13.2 Å². The molecule has 0 amide bonds. The van der Waals surface area contributed by atoms with E-state index >= 15 is 0 Å². The van der Waals surface area contributed by atoms with Crippen LogP contribution in [0.25, 0.3) is 0 Å². The van der Waals surface area contributed by atoms with Gasteiger partial charge in [0.25, 0.3) is 0 Å². The topological polar surface area (TPSA) is 78.9 Å². The fourth-order valence-electron chi connectivity index (χ4n) is 8.74. The number of ether oxygens (including phenoxy) is 3. The van der Waals surface area contributed by atoms with Gasteiger partial charge in [0.15, 0.2) is 6.10 Å². The highest BCUT2D eigenvalue weighted by atomic mass is 16.6. The Balaban J connectivity index is 4.04. The highest BCUT2D eigenvalue weighted by Gasteiger charge is 2.19. The van der Waals surface area contributed by atoms with Crippen LogP contribution in [0.1, 0.15) is 303 Å². The van der Waals surface area contributed by atoms with Crippen molar-refractivity contribution in [3.8, 4) is 0 Å². The molecule has 0 saturated carbocycles. The molecule has 0 fully saturated rings. The van der Waals surface area contributed by atoms with E-state index in [9.17, 15) is 14.4 Å². The summed E-state index contributed by atoms with van der Waals surface area (Å²) in [5.41, 5.74) is 0. The maximum absolute atomic E-state index is 12.8. The van der Waals surface area contributed by atoms with E-state index in [-0.39, 0.29) is 31.1 Å². The fraction of sp³-hybridized carbons (Fsp3) is 0.746. The molecule has 0 aromatic carbocycles. The molecule has 0 aliphatic heterocycles. The molecule has 6 nitrogen and oxygen atoms in total. The lowest BCUT2D eigenvalue weighted by molar-refractivity contribution is -0.167. The minimum Gasteiger partial charge on any atom is -0.462 e. The van der Waals surface area contributed by atoms with Gasteiger partial charge in [-0.15, -0.1) is 0 Å². The number of hydrogen-bond acceptors (Lipinski definition) is 6. The Morgan fingerprint density at radius 2 is 0.534 bits per heavy atom. The number of carbonyl (C=O) groups is 3. The van der Waals surface area contributed by atoms with Crippen LogP contribution in [0.5, 0.6) is 0 Å². The van der Waals surface area contributed by atoms with E-state index in [1.54, 1.807) is 0 Å². The van der Waals surface area contributed by atoms with Crippen LogP contribution in [-0.4, -0.2) is 37.2 Å². The number of carbonyl (C=O) groups excluding carboxylic acids is 3. The van der Waals surface area contributed by atoms with Crippen molar-refractivity contribution in [2.24, 2.45) is 0 Å². The van der Waals surface area contributed by atoms with Gasteiger partial charge in [-0.3, -0.25) is 14.4 Å².